The van der Waals surface area contributed by atoms with Gasteiger partial charge in [0.25, 0.3) is 0 Å². The first-order chi connectivity index (χ1) is 12.6. The predicted molar refractivity (Wildman–Crippen MR) is 83.4 cm³/mol. The normalized spacial score (nSPS) is 11.8. The van der Waals surface area contributed by atoms with Gasteiger partial charge in [-0.3, -0.25) is 0 Å². The lowest BCUT2D eigenvalue weighted by Gasteiger charge is -2.08. The topological polar surface area (TPSA) is 86.2 Å². The third-order valence-electron chi connectivity index (χ3n) is 3.67. The van der Waals surface area contributed by atoms with Gasteiger partial charge in [-0.25, -0.2) is 35.5 Å². The summed E-state index contributed by atoms with van der Waals surface area (Å²) in [5.74, 6) is -5.58. The number of hydrogen-bond acceptors (Lipinski definition) is 4. The van der Waals surface area contributed by atoms with Gasteiger partial charge in [0.2, 0.25) is 10.0 Å². The molecule has 0 aliphatic rings. The highest BCUT2D eigenvalue weighted by atomic mass is 32.2. The lowest BCUT2D eigenvalue weighted by atomic mass is 9.98. The summed E-state index contributed by atoms with van der Waals surface area (Å²) in [5.41, 5.74) is -1.35. The van der Waals surface area contributed by atoms with Gasteiger partial charge in [-0.15, -0.1) is 0 Å². The molecule has 0 atom stereocenters. The fraction of sp³-hybridized carbons (Fsp3) is 0.0625. The molecule has 0 radical (unpaired) electrons. The molecule has 3 rings (SSSR count). The van der Waals surface area contributed by atoms with Gasteiger partial charge < -0.3 is 4.52 Å². The Morgan fingerprint density at radius 3 is 2.26 bits per heavy atom. The molecule has 2 aromatic carbocycles. The number of alkyl halides is 1. The quantitative estimate of drug-likeness (QED) is 0.672. The van der Waals surface area contributed by atoms with Crippen molar-refractivity contribution in [3.63, 3.8) is 0 Å². The van der Waals surface area contributed by atoms with Gasteiger partial charge in [0.15, 0.2) is 24.1 Å². The van der Waals surface area contributed by atoms with Crippen molar-refractivity contribution >= 4 is 10.0 Å². The van der Waals surface area contributed by atoms with Crippen LogP contribution in [0.1, 0.15) is 5.76 Å². The fourth-order valence-corrected chi connectivity index (χ4v) is 3.07. The van der Waals surface area contributed by atoms with Crippen molar-refractivity contribution in [2.24, 2.45) is 5.14 Å². The van der Waals surface area contributed by atoms with E-state index in [0.29, 0.717) is 18.2 Å². The zero-order valence-electron chi connectivity index (χ0n) is 13.1. The number of rotatable bonds is 4. The molecule has 0 amide bonds. The standard InChI is InChI=1S/C16H9F5N2O3S/c17-6-13-15(8-4-12(21)14(5-10(8)19)27(22,24)25)16(23-26-13)7-1-2-9(18)11(20)3-7/h1-5H,6H2,(H2,22,24,25). The molecule has 0 fully saturated rings. The third-order valence-corrected chi connectivity index (χ3v) is 4.60. The number of hydrogen-bond donors (Lipinski definition) is 1. The van der Waals surface area contributed by atoms with Crippen LogP contribution in [0, 0.1) is 23.3 Å². The van der Waals surface area contributed by atoms with Gasteiger partial charge in [-0.05, 0) is 30.3 Å². The van der Waals surface area contributed by atoms with Crippen LogP contribution < -0.4 is 5.14 Å². The van der Waals surface area contributed by atoms with Crippen LogP contribution in [0.15, 0.2) is 39.8 Å². The molecule has 0 aliphatic carbocycles. The Hall–Kier alpha value is -2.79. The second-order valence-electron chi connectivity index (χ2n) is 5.40. The number of aromatic nitrogens is 1. The van der Waals surface area contributed by atoms with Crippen molar-refractivity contribution < 1.29 is 34.9 Å². The fourth-order valence-electron chi connectivity index (χ4n) is 2.47. The van der Waals surface area contributed by atoms with Gasteiger partial charge in [-0.1, -0.05) is 5.16 Å². The zero-order chi connectivity index (χ0) is 19.9. The van der Waals surface area contributed by atoms with E-state index in [0.717, 1.165) is 12.1 Å². The maximum Gasteiger partial charge on any atom is 0.241 e. The second kappa shape index (κ2) is 6.74. The van der Waals surface area contributed by atoms with Crippen molar-refractivity contribution in [3.8, 4) is 22.4 Å². The van der Waals surface area contributed by atoms with Crippen LogP contribution >= 0.6 is 0 Å². The summed E-state index contributed by atoms with van der Waals surface area (Å²) in [5, 5.41) is 8.31. The van der Waals surface area contributed by atoms with E-state index < -0.39 is 56.2 Å². The van der Waals surface area contributed by atoms with Crippen molar-refractivity contribution in [3.05, 3.63) is 59.4 Å². The molecule has 11 heteroatoms. The van der Waals surface area contributed by atoms with Crippen LogP contribution in [0.25, 0.3) is 22.4 Å². The zero-order valence-corrected chi connectivity index (χ0v) is 14.0. The SMILES string of the molecule is NS(=O)(=O)c1cc(F)c(-c2c(-c3ccc(F)c(F)c3)noc2CF)cc1F. The average Bonchev–Trinajstić information content (AvgIpc) is 3.01. The second-order valence-corrected chi connectivity index (χ2v) is 6.93. The Morgan fingerprint density at radius 1 is 0.963 bits per heavy atom. The maximum atomic E-state index is 14.5. The molecule has 5 nitrogen and oxygen atoms in total. The number of primary sulfonamides is 1. The van der Waals surface area contributed by atoms with Crippen LogP contribution in [0.5, 0.6) is 0 Å². The Balaban J connectivity index is 2.27. The highest BCUT2D eigenvalue weighted by Gasteiger charge is 2.26. The van der Waals surface area contributed by atoms with E-state index >= 15 is 0 Å². The highest BCUT2D eigenvalue weighted by molar-refractivity contribution is 7.89. The molecular formula is C16H9F5N2O3S. The van der Waals surface area contributed by atoms with Crippen molar-refractivity contribution in [2.75, 3.05) is 0 Å². The monoisotopic (exact) mass is 404 g/mol. The van der Waals surface area contributed by atoms with Crippen LogP contribution in [0.3, 0.4) is 0 Å². The number of benzene rings is 2. The summed E-state index contributed by atoms with van der Waals surface area (Å²) in [7, 11) is -4.55. The number of halogens is 5. The number of nitrogens with zero attached hydrogens (tertiary/aromatic N) is 1. The first-order valence-electron chi connectivity index (χ1n) is 7.15. The molecule has 0 saturated carbocycles. The Kier molecular flexibility index (Phi) is 4.74. The predicted octanol–water partition coefficient (Wildman–Crippen LogP) is 3.68. The molecule has 0 aliphatic heterocycles. The van der Waals surface area contributed by atoms with Gasteiger partial charge >= 0.3 is 0 Å². The molecule has 2 N–H and O–H groups in total. The van der Waals surface area contributed by atoms with Crippen LogP contribution in [0.2, 0.25) is 0 Å². The summed E-state index contributed by atoms with van der Waals surface area (Å²) >= 11 is 0. The van der Waals surface area contributed by atoms with Crippen molar-refractivity contribution in [2.45, 2.75) is 11.6 Å². The molecule has 0 spiro atoms. The van der Waals surface area contributed by atoms with Crippen LogP contribution in [0.4, 0.5) is 22.0 Å². The molecule has 3 aromatic rings. The number of sulfonamides is 1. The first-order valence-corrected chi connectivity index (χ1v) is 8.70. The van der Waals surface area contributed by atoms with Gasteiger partial charge in [0.1, 0.15) is 22.2 Å². The summed E-state index contributed by atoms with van der Waals surface area (Å²) in [6.07, 6.45) is 0. The minimum absolute atomic E-state index is 0.0947. The molecule has 27 heavy (non-hydrogen) atoms. The van der Waals surface area contributed by atoms with Gasteiger partial charge in [0, 0.05) is 11.1 Å². The maximum absolute atomic E-state index is 14.5. The summed E-state index contributed by atoms with van der Waals surface area (Å²) in [6.45, 7) is -1.27. The lowest BCUT2D eigenvalue weighted by Crippen LogP contribution is -2.14. The summed E-state index contributed by atoms with van der Waals surface area (Å²) in [6, 6.07) is 3.36. The number of nitrogens with two attached hydrogens (primary N) is 1. The molecule has 0 bridgehead atoms. The van der Waals surface area contributed by atoms with E-state index in [4.69, 9.17) is 9.66 Å². The van der Waals surface area contributed by atoms with Gasteiger partial charge in [0.05, 0.1) is 5.56 Å². The molecule has 0 unspecified atom stereocenters. The van der Waals surface area contributed by atoms with E-state index in [1.54, 1.807) is 0 Å². The van der Waals surface area contributed by atoms with Crippen molar-refractivity contribution in [1.29, 1.82) is 0 Å². The smallest absolute Gasteiger partial charge is 0.241 e. The third kappa shape index (κ3) is 3.43. The summed E-state index contributed by atoms with van der Waals surface area (Å²) < 4.78 is 95.8. The largest absolute Gasteiger partial charge is 0.357 e. The van der Waals surface area contributed by atoms with E-state index in [-0.39, 0.29) is 16.8 Å². The highest BCUT2D eigenvalue weighted by Crippen LogP contribution is 2.38. The first kappa shape index (κ1) is 19.0. The Bertz CT molecular complexity index is 1150. The Morgan fingerprint density at radius 2 is 1.67 bits per heavy atom. The molecule has 1 heterocycles. The van der Waals surface area contributed by atoms with E-state index in [1.807, 2.05) is 0 Å². The molecular weight excluding hydrogens is 395 g/mol. The minimum Gasteiger partial charge on any atom is -0.357 e. The summed E-state index contributed by atoms with van der Waals surface area (Å²) in [4.78, 5) is -1.10. The molecule has 0 saturated heterocycles. The average molecular weight is 404 g/mol. The van der Waals surface area contributed by atoms with E-state index in [9.17, 15) is 30.4 Å². The van der Waals surface area contributed by atoms with Crippen LogP contribution in [-0.2, 0) is 16.7 Å². The van der Waals surface area contributed by atoms with Crippen molar-refractivity contribution in [1.82, 2.24) is 5.16 Å². The Labute approximate surface area is 149 Å². The lowest BCUT2D eigenvalue weighted by molar-refractivity contribution is 0.332. The molecule has 1 aromatic heterocycles. The van der Waals surface area contributed by atoms with Gasteiger partial charge in [-0.2, -0.15) is 0 Å². The minimum atomic E-state index is -4.55. The van der Waals surface area contributed by atoms with Crippen LogP contribution in [-0.4, -0.2) is 13.6 Å². The van der Waals surface area contributed by atoms with E-state index in [1.165, 1.54) is 0 Å². The molecule has 142 valence electrons. The van der Waals surface area contributed by atoms with E-state index in [2.05, 4.69) is 5.16 Å².